The first kappa shape index (κ1) is 18.8. The Bertz CT molecular complexity index is 889. The molecule has 2 aromatic rings. The number of aromatic amines is 1. The van der Waals surface area contributed by atoms with Gasteiger partial charge in [0, 0.05) is 30.3 Å². The minimum absolute atomic E-state index is 0.0296. The van der Waals surface area contributed by atoms with E-state index in [1.54, 1.807) is 20.8 Å². The summed E-state index contributed by atoms with van der Waals surface area (Å²) in [4.78, 5) is 26.3. The summed E-state index contributed by atoms with van der Waals surface area (Å²) < 4.78 is 32.4. The van der Waals surface area contributed by atoms with Crippen LogP contribution in [-0.2, 0) is 17.7 Å². The number of carbonyl (C=O) groups is 2. The molecule has 0 aliphatic carbocycles. The van der Waals surface area contributed by atoms with Gasteiger partial charge in [-0.05, 0) is 32.9 Å². The third-order valence-electron chi connectivity index (χ3n) is 3.98. The van der Waals surface area contributed by atoms with Crippen molar-refractivity contribution in [2.45, 2.75) is 39.3 Å². The molecule has 0 saturated heterocycles. The first-order valence-electron chi connectivity index (χ1n) is 8.44. The first-order chi connectivity index (χ1) is 12.6. The van der Waals surface area contributed by atoms with Crippen LogP contribution < -0.4 is 5.32 Å². The van der Waals surface area contributed by atoms with E-state index in [1.165, 1.54) is 4.90 Å². The molecule has 0 radical (unpaired) electrons. The monoisotopic (exact) mass is 378 g/mol. The molecule has 9 heteroatoms. The molecule has 2 amide bonds. The number of halogens is 2. The van der Waals surface area contributed by atoms with Crippen LogP contribution in [0.3, 0.4) is 0 Å². The highest BCUT2D eigenvalue weighted by molar-refractivity contribution is 6.04. The molecule has 0 unspecified atom stereocenters. The van der Waals surface area contributed by atoms with E-state index in [9.17, 15) is 18.4 Å². The zero-order valence-electron chi connectivity index (χ0n) is 15.2. The summed E-state index contributed by atoms with van der Waals surface area (Å²) in [7, 11) is 0. The van der Waals surface area contributed by atoms with Crippen LogP contribution in [0.2, 0.25) is 0 Å². The number of aromatic nitrogens is 2. The predicted molar refractivity (Wildman–Crippen MR) is 93.2 cm³/mol. The lowest BCUT2D eigenvalue weighted by molar-refractivity contribution is 0.0222. The number of fused-ring (bicyclic) bond motifs is 1. The van der Waals surface area contributed by atoms with Crippen LogP contribution in [0, 0.1) is 11.6 Å². The maximum atomic E-state index is 13.8. The maximum absolute atomic E-state index is 13.8. The van der Waals surface area contributed by atoms with E-state index in [0.717, 1.165) is 23.9 Å². The number of rotatable bonds is 2. The van der Waals surface area contributed by atoms with Gasteiger partial charge in [0.15, 0.2) is 5.69 Å². The summed E-state index contributed by atoms with van der Waals surface area (Å²) in [5, 5.41) is 9.07. The van der Waals surface area contributed by atoms with Crippen molar-refractivity contribution in [3.05, 3.63) is 46.8 Å². The molecule has 0 bridgehead atoms. The fourth-order valence-corrected chi connectivity index (χ4v) is 2.74. The molecular formula is C18H20F2N4O3. The second-order valence-electron chi connectivity index (χ2n) is 7.26. The zero-order valence-corrected chi connectivity index (χ0v) is 15.2. The highest BCUT2D eigenvalue weighted by Gasteiger charge is 2.30. The van der Waals surface area contributed by atoms with Crippen molar-refractivity contribution in [3.63, 3.8) is 0 Å². The van der Waals surface area contributed by atoms with E-state index in [2.05, 4.69) is 15.5 Å². The summed E-state index contributed by atoms with van der Waals surface area (Å²) in [6.45, 7) is 5.86. The van der Waals surface area contributed by atoms with Crippen LogP contribution in [0.25, 0.3) is 0 Å². The van der Waals surface area contributed by atoms with Crippen molar-refractivity contribution in [1.29, 1.82) is 0 Å². The van der Waals surface area contributed by atoms with Crippen molar-refractivity contribution in [1.82, 2.24) is 15.1 Å². The highest BCUT2D eigenvalue weighted by atomic mass is 19.1. The van der Waals surface area contributed by atoms with Gasteiger partial charge in [0.1, 0.15) is 17.2 Å². The number of benzene rings is 1. The maximum Gasteiger partial charge on any atom is 0.410 e. The average Bonchev–Trinajstić information content (AvgIpc) is 2.99. The molecular weight excluding hydrogens is 358 g/mol. The zero-order chi connectivity index (χ0) is 19.8. The summed E-state index contributed by atoms with van der Waals surface area (Å²) in [6.07, 6.45) is -0.0136. The standard InChI is InChI=1S/C18H20F2N4O3/c1-18(2,3)27-17(26)24-7-6-13-11(9-24)15(23-22-13)16(25)21-14-8-10(19)4-5-12(14)20/h4-5,8H,6-7,9H2,1-3H3,(H,21,25)(H,22,23). The third-order valence-corrected chi connectivity index (χ3v) is 3.98. The minimum Gasteiger partial charge on any atom is -0.444 e. The third kappa shape index (κ3) is 4.24. The van der Waals surface area contributed by atoms with Gasteiger partial charge < -0.3 is 15.0 Å². The van der Waals surface area contributed by atoms with E-state index in [1.807, 2.05) is 0 Å². The number of ether oxygens (including phenoxy) is 1. The molecule has 1 aromatic heterocycles. The number of nitrogens with zero attached hydrogens (tertiary/aromatic N) is 2. The summed E-state index contributed by atoms with van der Waals surface area (Å²) in [5.41, 5.74) is 0.364. The molecule has 0 atom stereocenters. The van der Waals surface area contributed by atoms with Gasteiger partial charge in [-0.15, -0.1) is 0 Å². The van der Waals surface area contributed by atoms with Crippen molar-refractivity contribution >= 4 is 17.7 Å². The molecule has 1 aliphatic rings. The molecule has 0 saturated carbocycles. The SMILES string of the molecule is CC(C)(C)OC(=O)N1CCc2[nH]nc(C(=O)Nc3cc(F)ccc3F)c2C1. The van der Waals surface area contributed by atoms with Crippen molar-refractivity contribution in [2.24, 2.45) is 0 Å². The number of carbonyl (C=O) groups excluding carboxylic acids is 2. The highest BCUT2D eigenvalue weighted by Crippen LogP contribution is 2.24. The lowest BCUT2D eigenvalue weighted by Crippen LogP contribution is -2.40. The van der Waals surface area contributed by atoms with E-state index in [-0.39, 0.29) is 17.9 Å². The van der Waals surface area contributed by atoms with Crippen LogP contribution in [0.4, 0.5) is 19.3 Å². The summed E-state index contributed by atoms with van der Waals surface area (Å²) in [6, 6.07) is 2.77. The fourth-order valence-electron chi connectivity index (χ4n) is 2.74. The molecule has 27 heavy (non-hydrogen) atoms. The molecule has 144 valence electrons. The smallest absolute Gasteiger partial charge is 0.410 e. The van der Waals surface area contributed by atoms with Gasteiger partial charge in [-0.1, -0.05) is 0 Å². The molecule has 0 spiro atoms. The Morgan fingerprint density at radius 1 is 1.30 bits per heavy atom. The molecule has 7 nitrogen and oxygen atoms in total. The number of H-pyrrole nitrogens is 1. The van der Waals surface area contributed by atoms with Gasteiger partial charge in [-0.25, -0.2) is 13.6 Å². The molecule has 1 aliphatic heterocycles. The van der Waals surface area contributed by atoms with E-state index >= 15 is 0 Å². The van der Waals surface area contributed by atoms with Gasteiger partial charge in [0.05, 0.1) is 12.2 Å². The lowest BCUT2D eigenvalue weighted by atomic mass is 10.1. The summed E-state index contributed by atoms with van der Waals surface area (Å²) >= 11 is 0. The average molecular weight is 378 g/mol. The van der Waals surface area contributed by atoms with Gasteiger partial charge >= 0.3 is 6.09 Å². The Morgan fingerprint density at radius 3 is 2.74 bits per heavy atom. The van der Waals surface area contributed by atoms with E-state index in [0.29, 0.717) is 18.5 Å². The number of hydrogen-bond acceptors (Lipinski definition) is 4. The van der Waals surface area contributed by atoms with Crippen LogP contribution >= 0.6 is 0 Å². The molecule has 2 heterocycles. The second-order valence-corrected chi connectivity index (χ2v) is 7.26. The van der Waals surface area contributed by atoms with Crippen LogP contribution in [0.5, 0.6) is 0 Å². The Balaban J connectivity index is 1.78. The number of amides is 2. The second kappa shape index (κ2) is 6.98. The Labute approximate surface area is 154 Å². The van der Waals surface area contributed by atoms with Gasteiger partial charge in [0.2, 0.25) is 0 Å². The van der Waals surface area contributed by atoms with Crippen molar-refractivity contribution < 1.29 is 23.1 Å². The molecule has 0 fully saturated rings. The first-order valence-corrected chi connectivity index (χ1v) is 8.44. The topological polar surface area (TPSA) is 87.3 Å². The van der Waals surface area contributed by atoms with Gasteiger partial charge in [-0.2, -0.15) is 5.10 Å². The minimum atomic E-state index is -0.760. The van der Waals surface area contributed by atoms with Crippen molar-refractivity contribution in [2.75, 3.05) is 11.9 Å². The van der Waals surface area contributed by atoms with Gasteiger partial charge in [-0.3, -0.25) is 9.89 Å². The summed E-state index contributed by atoms with van der Waals surface area (Å²) in [5.74, 6) is -2.13. The number of anilines is 1. The Kier molecular flexibility index (Phi) is 4.86. The van der Waals surface area contributed by atoms with E-state index < -0.39 is 29.2 Å². The van der Waals surface area contributed by atoms with E-state index in [4.69, 9.17) is 4.74 Å². The largest absolute Gasteiger partial charge is 0.444 e. The lowest BCUT2D eigenvalue weighted by Gasteiger charge is -2.30. The number of hydrogen-bond donors (Lipinski definition) is 2. The quantitative estimate of drug-likeness (QED) is 0.840. The van der Waals surface area contributed by atoms with Crippen LogP contribution in [-0.4, -0.2) is 39.2 Å². The Hall–Kier alpha value is -2.97. The van der Waals surface area contributed by atoms with Gasteiger partial charge in [0.25, 0.3) is 5.91 Å². The molecule has 1 aromatic carbocycles. The Morgan fingerprint density at radius 2 is 2.04 bits per heavy atom. The molecule has 3 rings (SSSR count). The normalized spacial score (nSPS) is 13.9. The predicted octanol–water partition coefficient (Wildman–Crippen LogP) is 3.23. The van der Waals surface area contributed by atoms with Crippen LogP contribution in [0.1, 0.15) is 42.5 Å². The molecule has 2 N–H and O–H groups in total. The van der Waals surface area contributed by atoms with Crippen molar-refractivity contribution in [3.8, 4) is 0 Å². The van der Waals surface area contributed by atoms with Crippen LogP contribution in [0.15, 0.2) is 18.2 Å². The number of nitrogens with one attached hydrogen (secondary N) is 2. The fraction of sp³-hybridized carbons (Fsp3) is 0.389.